The van der Waals surface area contributed by atoms with E-state index in [-0.39, 0.29) is 35.1 Å². The van der Waals surface area contributed by atoms with Gasteiger partial charge in [-0.05, 0) is 52.7 Å². The van der Waals surface area contributed by atoms with Crippen molar-refractivity contribution < 1.29 is 19.0 Å². The van der Waals surface area contributed by atoms with E-state index < -0.39 is 0 Å². The summed E-state index contributed by atoms with van der Waals surface area (Å²) in [6.45, 7) is 13.4. The molecular weight excluding hydrogens is 458 g/mol. The number of rotatable bonds is 8. The normalized spacial score (nSPS) is 20.2. The first-order valence-electron chi connectivity index (χ1n) is 12.9. The Labute approximate surface area is 213 Å². The average molecular weight is 498 g/mol. The van der Waals surface area contributed by atoms with Gasteiger partial charge in [0.15, 0.2) is 5.43 Å². The number of aromatic nitrogens is 1. The van der Waals surface area contributed by atoms with E-state index in [1.165, 1.54) is 0 Å². The van der Waals surface area contributed by atoms with Crippen LogP contribution in [0.5, 0.6) is 5.75 Å². The van der Waals surface area contributed by atoms with Crippen LogP contribution in [-0.4, -0.2) is 66.5 Å². The molecule has 2 aliphatic heterocycles. The van der Waals surface area contributed by atoms with Crippen molar-refractivity contribution in [2.45, 2.75) is 65.3 Å². The van der Waals surface area contributed by atoms with Crippen LogP contribution in [0.1, 0.15) is 54.0 Å². The van der Waals surface area contributed by atoms with E-state index in [0.717, 1.165) is 50.5 Å². The van der Waals surface area contributed by atoms with Gasteiger partial charge in [-0.2, -0.15) is 0 Å². The van der Waals surface area contributed by atoms with Crippen molar-refractivity contribution in [1.82, 2.24) is 14.8 Å². The largest absolute Gasteiger partial charge is 0.487 e. The van der Waals surface area contributed by atoms with E-state index in [4.69, 9.17) is 14.2 Å². The van der Waals surface area contributed by atoms with Crippen molar-refractivity contribution in [2.75, 3.05) is 39.5 Å². The monoisotopic (exact) mass is 497 g/mol. The molecule has 2 saturated heterocycles. The molecule has 0 bridgehead atoms. The maximum absolute atomic E-state index is 13.5. The number of hydrogen-bond acceptors (Lipinski definition) is 6. The van der Waals surface area contributed by atoms with Gasteiger partial charge in [-0.1, -0.05) is 17.7 Å². The van der Waals surface area contributed by atoms with Crippen molar-refractivity contribution in [2.24, 2.45) is 0 Å². The molecule has 0 radical (unpaired) electrons. The standard InChI is InChI=1S/C28H39N3O5/c1-20-5-7-23(8-6-20)35-19-24-26(27(33)29-22-9-14-36-28(3,4)18-22)25(32)17-21(2)31(24)11-10-30-12-15-34-16-13-30/h5-8,17,22H,9-16,18-19H2,1-4H3,(H,29,33)/t22-/m0/s1. The van der Waals surface area contributed by atoms with E-state index in [9.17, 15) is 9.59 Å². The molecule has 1 aromatic heterocycles. The van der Waals surface area contributed by atoms with Crippen molar-refractivity contribution in [1.29, 1.82) is 0 Å². The molecule has 1 atom stereocenters. The summed E-state index contributed by atoms with van der Waals surface area (Å²) in [4.78, 5) is 29.1. The maximum Gasteiger partial charge on any atom is 0.257 e. The summed E-state index contributed by atoms with van der Waals surface area (Å²) >= 11 is 0. The predicted molar refractivity (Wildman–Crippen MR) is 139 cm³/mol. The Morgan fingerprint density at radius 3 is 2.53 bits per heavy atom. The molecule has 196 valence electrons. The third-order valence-electron chi connectivity index (χ3n) is 7.03. The van der Waals surface area contributed by atoms with E-state index in [2.05, 4.69) is 14.8 Å². The van der Waals surface area contributed by atoms with Crippen LogP contribution in [0.15, 0.2) is 35.1 Å². The van der Waals surface area contributed by atoms with Gasteiger partial charge in [0.1, 0.15) is 17.9 Å². The number of pyridine rings is 1. The number of carbonyl (C=O) groups excluding carboxylic acids is 1. The van der Waals surface area contributed by atoms with Crippen LogP contribution >= 0.6 is 0 Å². The fraction of sp³-hybridized carbons (Fsp3) is 0.571. The summed E-state index contributed by atoms with van der Waals surface area (Å²) in [6.07, 6.45) is 1.42. The summed E-state index contributed by atoms with van der Waals surface area (Å²) in [5, 5.41) is 3.12. The Morgan fingerprint density at radius 2 is 1.83 bits per heavy atom. The Bertz CT molecular complexity index is 1100. The SMILES string of the molecule is Cc1ccc(OCc2c(C(=O)N[C@H]3CCOC(C)(C)C3)c(=O)cc(C)n2CCN2CCOCC2)cc1. The molecule has 0 aliphatic carbocycles. The molecule has 2 aliphatic rings. The third-order valence-corrected chi connectivity index (χ3v) is 7.03. The minimum Gasteiger partial charge on any atom is -0.487 e. The summed E-state index contributed by atoms with van der Waals surface area (Å²) in [5.41, 5.74) is 2.15. The molecule has 4 rings (SSSR count). The van der Waals surface area contributed by atoms with Crippen molar-refractivity contribution in [3.63, 3.8) is 0 Å². The summed E-state index contributed by atoms with van der Waals surface area (Å²) in [5.74, 6) is 0.358. The zero-order valence-corrected chi connectivity index (χ0v) is 22.0. The highest BCUT2D eigenvalue weighted by Gasteiger charge is 2.31. The molecule has 1 aromatic carbocycles. The molecule has 8 heteroatoms. The van der Waals surface area contributed by atoms with E-state index in [1.807, 2.05) is 52.0 Å². The van der Waals surface area contributed by atoms with Gasteiger partial charge in [0, 0.05) is 50.6 Å². The highest BCUT2D eigenvalue weighted by Crippen LogP contribution is 2.24. The number of amides is 1. The van der Waals surface area contributed by atoms with Gasteiger partial charge < -0.3 is 24.1 Å². The molecular formula is C28H39N3O5. The van der Waals surface area contributed by atoms with Crippen LogP contribution in [0.2, 0.25) is 0 Å². The first-order valence-corrected chi connectivity index (χ1v) is 12.9. The Kier molecular flexibility index (Phi) is 8.49. The average Bonchev–Trinajstić information content (AvgIpc) is 2.83. The van der Waals surface area contributed by atoms with Crippen LogP contribution in [-0.2, 0) is 22.6 Å². The minimum absolute atomic E-state index is 0.0466. The summed E-state index contributed by atoms with van der Waals surface area (Å²) in [6, 6.07) is 9.30. The van der Waals surface area contributed by atoms with Crippen LogP contribution in [0.4, 0.5) is 0 Å². The van der Waals surface area contributed by atoms with Crippen molar-refractivity contribution in [3.05, 3.63) is 63.1 Å². The number of ether oxygens (including phenoxy) is 3. The number of benzene rings is 1. The van der Waals surface area contributed by atoms with Crippen LogP contribution in [0.25, 0.3) is 0 Å². The molecule has 2 fully saturated rings. The zero-order chi connectivity index (χ0) is 25.7. The predicted octanol–water partition coefficient (Wildman–Crippen LogP) is 3.06. The molecule has 3 heterocycles. The van der Waals surface area contributed by atoms with Crippen molar-refractivity contribution >= 4 is 5.91 Å². The second kappa shape index (κ2) is 11.6. The summed E-state index contributed by atoms with van der Waals surface area (Å²) < 4.78 is 19.4. The molecule has 2 aromatic rings. The third kappa shape index (κ3) is 6.75. The number of carbonyl (C=O) groups is 1. The van der Waals surface area contributed by atoms with Gasteiger partial charge in [0.25, 0.3) is 5.91 Å². The molecule has 0 spiro atoms. The first-order chi connectivity index (χ1) is 17.2. The molecule has 1 N–H and O–H groups in total. The lowest BCUT2D eigenvalue weighted by Crippen LogP contribution is -2.47. The van der Waals surface area contributed by atoms with Crippen LogP contribution < -0.4 is 15.5 Å². The molecule has 8 nitrogen and oxygen atoms in total. The van der Waals surface area contributed by atoms with Gasteiger partial charge in [-0.3, -0.25) is 14.5 Å². The van der Waals surface area contributed by atoms with E-state index in [1.54, 1.807) is 6.07 Å². The van der Waals surface area contributed by atoms with Crippen LogP contribution in [0, 0.1) is 13.8 Å². The minimum atomic E-state index is -0.342. The maximum atomic E-state index is 13.5. The number of nitrogens with zero attached hydrogens (tertiary/aromatic N) is 2. The fourth-order valence-corrected chi connectivity index (χ4v) is 5.00. The summed E-state index contributed by atoms with van der Waals surface area (Å²) in [7, 11) is 0. The Balaban J connectivity index is 1.62. The lowest BCUT2D eigenvalue weighted by Gasteiger charge is -2.36. The van der Waals surface area contributed by atoms with E-state index in [0.29, 0.717) is 31.0 Å². The molecule has 1 amide bonds. The van der Waals surface area contributed by atoms with Gasteiger partial charge in [-0.25, -0.2) is 0 Å². The van der Waals surface area contributed by atoms with Gasteiger partial charge in [0.2, 0.25) is 0 Å². The first kappa shape index (κ1) is 26.4. The van der Waals surface area contributed by atoms with E-state index >= 15 is 0 Å². The van der Waals surface area contributed by atoms with Crippen LogP contribution in [0.3, 0.4) is 0 Å². The zero-order valence-electron chi connectivity index (χ0n) is 22.0. The van der Waals surface area contributed by atoms with Gasteiger partial charge in [-0.15, -0.1) is 0 Å². The second-order valence-corrected chi connectivity index (χ2v) is 10.5. The quantitative estimate of drug-likeness (QED) is 0.604. The van der Waals surface area contributed by atoms with Crippen molar-refractivity contribution in [3.8, 4) is 5.75 Å². The second-order valence-electron chi connectivity index (χ2n) is 10.5. The topological polar surface area (TPSA) is 82.0 Å². The number of morpholine rings is 1. The number of aryl methyl sites for hydroxylation is 2. The molecule has 36 heavy (non-hydrogen) atoms. The highest BCUT2D eigenvalue weighted by molar-refractivity contribution is 5.95. The Hall–Kier alpha value is -2.68. The highest BCUT2D eigenvalue weighted by atomic mass is 16.5. The number of nitrogens with one attached hydrogen (secondary N) is 1. The number of hydrogen-bond donors (Lipinski definition) is 1. The molecule has 0 unspecified atom stereocenters. The lowest BCUT2D eigenvalue weighted by molar-refractivity contribution is -0.0615. The fourth-order valence-electron chi connectivity index (χ4n) is 5.00. The van der Waals surface area contributed by atoms with Gasteiger partial charge >= 0.3 is 0 Å². The molecule has 0 saturated carbocycles. The smallest absolute Gasteiger partial charge is 0.257 e. The van der Waals surface area contributed by atoms with Gasteiger partial charge in [0.05, 0.1) is 24.5 Å². The lowest BCUT2D eigenvalue weighted by atomic mass is 9.93. The Morgan fingerprint density at radius 1 is 1.11 bits per heavy atom.